The van der Waals surface area contributed by atoms with Gasteiger partial charge in [-0.2, -0.15) is 5.10 Å². The molecule has 0 spiro atoms. The van der Waals surface area contributed by atoms with Crippen LogP contribution in [0.4, 0.5) is 4.39 Å². The van der Waals surface area contributed by atoms with E-state index in [9.17, 15) is 9.18 Å². The highest BCUT2D eigenvalue weighted by atomic mass is 35.5. The Morgan fingerprint density at radius 2 is 1.85 bits per heavy atom. The maximum Gasteiger partial charge on any atom is 0.277 e. The molecule has 13 heteroatoms. The molecule has 0 aliphatic heterocycles. The van der Waals surface area contributed by atoms with E-state index in [0.29, 0.717) is 45.0 Å². The molecule has 1 heterocycles. The summed E-state index contributed by atoms with van der Waals surface area (Å²) in [6, 6.07) is 16.2. The second kappa shape index (κ2) is 14.5. The largest absolute Gasteiger partial charge is 0.490 e. The van der Waals surface area contributed by atoms with Gasteiger partial charge in [-0.15, -0.1) is 10.2 Å². The first-order valence-corrected chi connectivity index (χ1v) is 13.6. The number of nitrogens with one attached hydrogen (secondary N) is 1. The zero-order valence-electron chi connectivity index (χ0n) is 21.1. The molecular formula is C27H23Cl2FN4O5S. The maximum absolute atomic E-state index is 13.4. The molecular weight excluding hydrogens is 582 g/mol. The van der Waals surface area contributed by atoms with E-state index in [4.69, 9.17) is 41.8 Å². The number of halogens is 3. The van der Waals surface area contributed by atoms with Crippen LogP contribution < -0.4 is 19.6 Å². The monoisotopic (exact) mass is 604 g/mol. The van der Waals surface area contributed by atoms with Crippen LogP contribution >= 0.6 is 35.0 Å². The Hall–Kier alpha value is -3.80. The van der Waals surface area contributed by atoms with Crippen LogP contribution in [0.3, 0.4) is 0 Å². The van der Waals surface area contributed by atoms with Gasteiger partial charge in [0.25, 0.3) is 17.0 Å². The zero-order valence-corrected chi connectivity index (χ0v) is 23.4. The van der Waals surface area contributed by atoms with Gasteiger partial charge in [-0.3, -0.25) is 4.79 Å². The average molecular weight is 605 g/mol. The number of nitrogens with zero attached hydrogens (tertiary/aromatic N) is 3. The van der Waals surface area contributed by atoms with Crippen molar-refractivity contribution in [2.24, 2.45) is 5.10 Å². The van der Waals surface area contributed by atoms with Gasteiger partial charge in [-0.25, -0.2) is 9.82 Å². The van der Waals surface area contributed by atoms with Crippen molar-refractivity contribution in [3.8, 4) is 17.2 Å². The fraction of sp³-hybridized carbons (Fsp3) is 0.185. The second-order valence-corrected chi connectivity index (χ2v) is 9.73. The lowest BCUT2D eigenvalue weighted by molar-refractivity contribution is -0.118. The van der Waals surface area contributed by atoms with E-state index in [0.717, 1.165) is 11.8 Å². The van der Waals surface area contributed by atoms with Gasteiger partial charge in [0.15, 0.2) is 18.1 Å². The highest BCUT2D eigenvalue weighted by Crippen LogP contribution is 2.30. The minimum absolute atomic E-state index is 0.000102. The minimum atomic E-state index is -0.370. The van der Waals surface area contributed by atoms with Crippen molar-refractivity contribution in [3.05, 3.63) is 93.5 Å². The van der Waals surface area contributed by atoms with Crippen molar-refractivity contribution < 1.29 is 27.8 Å². The van der Waals surface area contributed by atoms with E-state index in [-0.39, 0.29) is 41.8 Å². The molecule has 0 aliphatic rings. The molecule has 1 N–H and O–H groups in total. The van der Waals surface area contributed by atoms with Gasteiger partial charge in [0, 0.05) is 5.02 Å². The molecule has 1 aromatic heterocycles. The summed E-state index contributed by atoms with van der Waals surface area (Å²) in [6.45, 7) is 2.46. The third-order valence-corrected chi connectivity index (χ3v) is 6.32. The van der Waals surface area contributed by atoms with E-state index < -0.39 is 0 Å². The fourth-order valence-electron chi connectivity index (χ4n) is 3.21. The van der Waals surface area contributed by atoms with Crippen LogP contribution in [-0.4, -0.2) is 34.7 Å². The number of thioether (sulfide) groups is 1. The van der Waals surface area contributed by atoms with Crippen LogP contribution in [0.25, 0.3) is 0 Å². The lowest BCUT2D eigenvalue weighted by atomic mass is 10.2. The Bertz CT molecular complexity index is 1490. The molecule has 4 rings (SSSR count). The molecule has 0 bridgehead atoms. The Labute approximate surface area is 243 Å². The van der Waals surface area contributed by atoms with E-state index >= 15 is 0 Å². The molecule has 40 heavy (non-hydrogen) atoms. The molecule has 0 fully saturated rings. The van der Waals surface area contributed by atoms with Gasteiger partial charge in [0.1, 0.15) is 18.2 Å². The number of benzene rings is 3. The molecule has 9 nitrogen and oxygen atoms in total. The summed E-state index contributed by atoms with van der Waals surface area (Å²) in [6.07, 6.45) is 1.48. The first-order chi connectivity index (χ1) is 19.4. The molecule has 1 amide bonds. The van der Waals surface area contributed by atoms with Crippen molar-refractivity contribution in [1.29, 1.82) is 0 Å². The van der Waals surface area contributed by atoms with Gasteiger partial charge in [0.05, 0.1) is 23.6 Å². The molecule has 208 valence electrons. The number of rotatable bonds is 13. The molecule has 0 unspecified atom stereocenters. The van der Waals surface area contributed by atoms with Crippen molar-refractivity contribution in [2.75, 3.05) is 12.4 Å². The summed E-state index contributed by atoms with van der Waals surface area (Å²) in [7, 11) is 0. The summed E-state index contributed by atoms with van der Waals surface area (Å²) in [5.74, 6) is 0.954. The molecule has 0 saturated carbocycles. The molecule has 4 aromatic rings. The average Bonchev–Trinajstić information content (AvgIpc) is 3.39. The number of amides is 1. The topological polar surface area (TPSA) is 108 Å². The number of hydrogen-bond acceptors (Lipinski definition) is 9. The van der Waals surface area contributed by atoms with Crippen LogP contribution in [0.15, 0.2) is 75.4 Å². The first-order valence-electron chi connectivity index (χ1n) is 11.9. The summed E-state index contributed by atoms with van der Waals surface area (Å²) < 4.78 is 35.9. The Kier molecular flexibility index (Phi) is 10.6. The van der Waals surface area contributed by atoms with E-state index in [1.165, 1.54) is 18.3 Å². The number of aromatic nitrogens is 2. The second-order valence-electron chi connectivity index (χ2n) is 7.96. The van der Waals surface area contributed by atoms with Crippen LogP contribution in [0, 0.1) is 5.82 Å². The number of hydrogen-bond donors (Lipinski definition) is 1. The van der Waals surface area contributed by atoms with Crippen LogP contribution in [0.2, 0.25) is 10.0 Å². The zero-order chi connectivity index (χ0) is 28.3. The number of carbonyl (C=O) groups is 1. The van der Waals surface area contributed by atoms with Crippen molar-refractivity contribution >= 4 is 47.1 Å². The van der Waals surface area contributed by atoms with Crippen molar-refractivity contribution in [2.45, 2.75) is 25.4 Å². The first kappa shape index (κ1) is 29.2. The van der Waals surface area contributed by atoms with Crippen molar-refractivity contribution in [3.63, 3.8) is 0 Å². The Morgan fingerprint density at radius 3 is 2.65 bits per heavy atom. The van der Waals surface area contributed by atoms with Crippen molar-refractivity contribution in [1.82, 2.24) is 15.6 Å². The lowest BCUT2D eigenvalue weighted by Crippen LogP contribution is -2.19. The normalized spacial score (nSPS) is 11.0. The highest BCUT2D eigenvalue weighted by Gasteiger charge is 2.12. The Balaban J connectivity index is 1.24. The molecule has 0 atom stereocenters. The quantitative estimate of drug-likeness (QED) is 0.107. The van der Waals surface area contributed by atoms with Gasteiger partial charge in [-0.05, 0) is 66.6 Å². The van der Waals surface area contributed by atoms with Gasteiger partial charge in [-0.1, -0.05) is 47.1 Å². The molecule has 3 aromatic carbocycles. The van der Waals surface area contributed by atoms with Gasteiger partial charge < -0.3 is 18.6 Å². The summed E-state index contributed by atoms with van der Waals surface area (Å²) in [5, 5.41) is 12.8. The number of hydrazone groups is 1. The summed E-state index contributed by atoms with van der Waals surface area (Å²) >= 11 is 13.0. The number of carbonyl (C=O) groups excluding carboxylic acids is 1. The van der Waals surface area contributed by atoms with Crippen LogP contribution in [-0.2, 0) is 18.0 Å². The standard InChI is InChI=1S/C27H23Cl2FN4O5S/c1-2-36-24-11-17(6-8-23(24)37-14-18-4-3-5-20(30)10-18)13-31-32-25(35)16-40-27-34-33-26(39-27)15-38-22-9-7-19(28)12-21(22)29/h3-13H,2,14-16H2,1H3,(H,32,35)/b31-13-. The third-order valence-electron chi connectivity index (χ3n) is 4.97. The predicted octanol–water partition coefficient (Wildman–Crippen LogP) is 6.31. The van der Waals surface area contributed by atoms with Crippen LogP contribution in [0.1, 0.15) is 23.9 Å². The predicted molar refractivity (Wildman–Crippen MR) is 150 cm³/mol. The minimum Gasteiger partial charge on any atom is -0.490 e. The van der Waals surface area contributed by atoms with Crippen LogP contribution in [0.5, 0.6) is 17.2 Å². The lowest BCUT2D eigenvalue weighted by Gasteiger charge is -2.12. The van der Waals surface area contributed by atoms with Gasteiger partial charge in [0.2, 0.25) is 0 Å². The summed E-state index contributed by atoms with van der Waals surface area (Å²) in [5.41, 5.74) is 3.82. The molecule has 0 radical (unpaired) electrons. The van der Waals surface area contributed by atoms with E-state index in [1.807, 2.05) is 6.92 Å². The van der Waals surface area contributed by atoms with E-state index in [2.05, 4.69) is 20.7 Å². The molecule has 0 saturated heterocycles. The van der Waals surface area contributed by atoms with Gasteiger partial charge >= 0.3 is 0 Å². The highest BCUT2D eigenvalue weighted by molar-refractivity contribution is 7.99. The number of ether oxygens (including phenoxy) is 3. The smallest absolute Gasteiger partial charge is 0.277 e. The SMILES string of the molecule is CCOc1cc(/C=N\NC(=O)CSc2nnc(COc3ccc(Cl)cc3Cl)o2)ccc1OCc1cccc(F)c1. The Morgan fingerprint density at radius 1 is 1.02 bits per heavy atom. The molecule has 0 aliphatic carbocycles. The third kappa shape index (κ3) is 8.87. The van der Waals surface area contributed by atoms with E-state index in [1.54, 1.807) is 48.5 Å². The summed E-state index contributed by atoms with van der Waals surface area (Å²) in [4.78, 5) is 12.2. The fourth-order valence-corrected chi connectivity index (χ4v) is 4.24. The maximum atomic E-state index is 13.4.